The number of carbonyl (C=O) groups is 3. The predicted molar refractivity (Wildman–Crippen MR) is 107 cm³/mol. The molecule has 1 aromatic rings. The van der Waals surface area contributed by atoms with Crippen LogP contribution >= 0.6 is 11.8 Å². The van der Waals surface area contributed by atoms with Gasteiger partial charge in [-0.15, -0.1) is 0 Å². The van der Waals surface area contributed by atoms with Crippen LogP contribution in [-0.2, 0) is 33.3 Å². The second-order valence-corrected chi connectivity index (χ2v) is 8.13. The average Bonchev–Trinajstić information content (AvgIpc) is 2.73. The summed E-state index contributed by atoms with van der Waals surface area (Å²) in [5.41, 5.74) is 6.19. The summed E-state index contributed by atoms with van der Waals surface area (Å²) < 4.78 is 21.1. The number of nitrogens with zero attached hydrogens (tertiary/aromatic N) is 1. The third-order valence-corrected chi connectivity index (χ3v) is 5.75. The van der Waals surface area contributed by atoms with E-state index in [4.69, 9.17) is 24.7 Å². The highest BCUT2D eigenvalue weighted by atomic mass is 32.2. The minimum absolute atomic E-state index is 0.192. The molecule has 172 valence electrons. The van der Waals surface area contributed by atoms with Crippen molar-refractivity contribution in [1.29, 1.82) is 0 Å². The lowest BCUT2D eigenvalue weighted by Crippen LogP contribution is -2.65. The quantitative estimate of drug-likeness (QED) is 0.334. The zero-order valence-electron chi connectivity index (χ0n) is 17.3. The van der Waals surface area contributed by atoms with Crippen LogP contribution in [0.15, 0.2) is 29.4 Å². The molecule has 12 heteroatoms. The van der Waals surface area contributed by atoms with E-state index in [9.17, 15) is 24.6 Å². The second kappa shape index (κ2) is 10.9. The van der Waals surface area contributed by atoms with E-state index in [1.54, 1.807) is 18.2 Å². The fourth-order valence-electron chi connectivity index (χ4n) is 3.20. The van der Waals surface area contributed by atoms with Crippen LogP contribution in [0.2, 0.25) is 0 Å². The molecule has 11 nitrogen and oxygen atoms in total. The van der Waals surface area contributed by atoms with Gasteiger partial charge in [0.25, 0.3) is 0 Å². The fraction of sp³-hybridized carbons (Fsp3) is 0.579. The Morgan fingerprint density at radius 1 is 1.35 bits per heavy atom. The summed E-state index contributed by atoms with van der Waals surface area (Å²) in [6.07, 6.45) is -4.14. The van der Waals surface area contributed by atoms with Crippen molar-refractivity contribution in [2.75, 3.05) is 13.7 Å². The molecular weight excluding hydrogens is 432 g/mol. The van der Waals surface area contributed by atoms with E-state index in [2.05, 4.69) is 4.98 Å². The van der Waals surface area contributed by atoms with Crippen molar-refractivity contribution in [3.63, 3.8) is 0 Å². The molecule has 0 aromatic carbocycles. The van der Waals surface area contributed by atoms with Crippen molar-refractivity contribution in [1.82, 2.24) is 4.98 Å². The Morgan fingerprint density at radius 2 is 2.06 bits per heavy atom. The summed E-state index contributed by atoms with van der Waals surface area (Å²) >= 11 is 0.896. The minimum atomic E-state index is -1.79. The Bertz CT molecular complexity index is 781. The number of ether oxygens (including phenoxy) is 4. The van der Waals surface area contributed by atoms with Crippen LogP contribution in [0.5, 0.6) is 0 Å². The van der Waals surface area contributed by atoms with E-state index < -0.39 is 59.9 Å². The topological polar surface area (TPSA) is 167 Å². The van der Waals surface area contributed by atoms with Crippen LogP contribution < -0.4 is 5.73 Å². The van der Waals surface area contributed by atoms with Gasteiger partial charge in [0.15, 0.2) is 6.10 Å². The molecule has 0 spiro atoms. The molecule has 0 bridgehead atoms. The van der Waals surface area contributed by atoms with E-state index in [0.717, 1.165) is 25.8 Å². The first-order chi connectivity index (χ1) is 14.6. The monoisotopic (exact) mass is 458 g/mol. The van der Waals surface area contributed by atoms with E-state index in [0.29, 0.717) is 5.03 Å². The number of aromatic nitrogens is 1. The molecule has 1 unspecified atom stereocenters. The van der Waals surface area contributed by atoms with Crippen LogP contribution in [0.1, 0.15) is 20.3 Å². The molecule has 0 amide bonds. The number of nitrogens with two attached hydrogens (primary N) is 1. The summed E-state index contributed by atoms with van der Waals surface area (Å²) in [5.74, 6) is -2.23. The van der Waals surface area contributed by atoms with Crippen LogP contribution in [0.4, 0.5) is 0 Å². The maximum atomic E-state index is 12.8. The predicted octanol–water partition coefficient (Wildman–Crippen LogP) is -0.624. The molecule has 1 aliphatic heterocycles. The molecule has 0 radical (unpaired) electrons. The van der Waals surface area contributed by atoms with Crippen molar-refractivity contribution in [2.24, 2.45) is 5.73 Å². The van der Waals surface area contributed by atoms with Gasteiger partial charge in [0, 0.05) is 26.5 Å². The van der Waals surface area contributed by atoms with Crippen LogP contribution in [-0.4, -0.2) is 82.2 Å². The number of aliphatic hydroxyl groups is 2. The van der Waals surface area contributed by atoms with Gasteiger partial charge in [0.05, 0.1) is 24.8 Å². The Balaban J connectivity index is 2.47. The van der Waals surface area contributed by atoms with Crippen LogP contribution in [0, 0.1) is 0 Å². The molecule has 0 saturated carbocycles. The highest BCUT2D eigenvalue weighted by Crippen LogP contribution is 2.44. The number of thioether (sulfide) groups is 1. The Hall–Kier alpha value is -2.25. The third-order valence-electron chi connectivity index (χ3n) is 4.54. The van der Waals surface area contributed by atoms with Gasteiger partial charge >= 0.3 is 17.9 Å². The first kappa shape index (κ1) is 25.0. The molecule has 1 fully saturated rings. The summed E-state index contributed by atoms with van der Waals surface area (Å²) in [6.45, 7) is 1.55. The minimum Gasteiger partial charge on any atom is -0.466 e. The summed E-state index contributed by atoms with van der Waals surface area (Å²) in [6, 6.07) is 3.92. The number of carbonyl (C=O) groups excluding carboxylic acids is 3. The van der Waals surface area contributed by atoms with Crippen molar-refractivity contribution >= 4 is 29.7 Å². The van der Waals surface area contributed by atoms with E-state index in [1.807, 2.05) is 0 Å². The third kappa shape index (κ3) is 6.14. The lowest BCUT2D eigenvalue weighted by atomic mass is 9.90. The molecule has 1 aromatic heterocycles. The van der Waals surface area contributed by atoms with Crippen LogP contribution in [0.3, 0.4) is 0 Å². The van der Waals surface area contributed by atoms with Gasteiger partial charge in [-0.3, -0.25) is 9.59 Å². The second-order valence-electron chi connectivity index (χ2n) is 6.85. The number of pyridine rings is 1. The molecule has 1 saturated heterocycles. The molecule has 31 heavy (non-hydrogen) atoms. The molecule has 4 N–H and O–H groups in total. The Kier molecular flexibility index (Phi) is 8.77. The maximum Gasteiger partial charge on any atom is 0.349 e. The van der Waals surface area contributed by atoms with Gasteiger partial charge in [-0.25, -0.2) is 9.78 Å². The SMILES string of the molecule is COC(=O)[C@@]1(Sc2ccccn2)C[C@@H](OC(C)=O)[C@@H](N)C([C@H](O)[C@@H](CO)OC(C)=O)O1. The van der Waals surface area contributed by atoms with Gasteiger partial charge in [-0.1, -0.05) is 17.8 Å². The fourth-order valence-corrected chi connectivity index (χ4v) is 4.37. The van der Waals surface area contributed by atoms with E-state index >= 15 is 0 Å². The van der Waals surface area contributed by atoms with Gasteiger partial charge in [-0.2, -0.15) is 0 Å². The first-order valence-electron chi connectivity index (χ1n) is 9.38. The smallest absolute Gasteiger partial charge is 0.349 e. The number of methoxy groups -OCH3 is 1. The number of aliphatic hydroxyl groups excluding tert-OH is 2. The molecule has 1 aliphatic rings. The largest absolute Gasteiger partial charge is 0.466 e. The molecule has 6 atom stereocenters. The highest BCUT2D eigenvalue weighted by Gasteiger charge is 2.56. The van der Waals surface area contributed by atoms with Gasteiger partial charge in [0.2, 0.25) is 4.93 Å². The van der Waals surface area contributed by atoms with Gasteiger partial charge in [-0.05, 0) is 12.1 Å². The zero-order chi connectivity index (χ0) is 23.2. The molecule has 0 aliphatic carbocycles. The normalized spacial score (nSPS) is 27.6. The van der Waals surface area contributed by atoms with Crippen molar-refractivity contribution in [3.8, 4) is 0 Å². The molecular formula is C19H26N2O9S. The number of rotatable bonds is 8. The lowest BCUT2D eigenvalue weighted by molar-refractivity contribution is -0.212. The van der Waals surface area contributed by atoms with Gasteiger partial charge < -0.3 is 34.9 Å². The Morgan fingerprint density at radius 3 is 2.58 bits per heavy atom. The standard InChI is InChI=1S/C19H26N2O9S/c1-10(23)28-12-8-19(18(26)27-3,31-14-6-4-5-7-21-14)30-17(15(12)20)16(25)13(9-22)29-11(2)24/h4-7,12-13,15-17,22,25H,8-9,20H2,1-3H3/t12-,13-,15-,16-,17?,19+/m1/s1. The van der Waals surface area contributed by atoms with Crippen LogP contribution in [0.25, 0.3) is 0 Å². The van der Waals surface area contributed by atoms with Gasteiger partial charge in [0.1, 0.15) is 18.3 Å². The molecule has 2 heterocycles. The van der Waals surface area contributed by atoms with Crippen molar-refractivity contribution in [2.45, 2.75) is 60.7 Å². The number of hydrogen-bond donors (Lipinski definition) is 3. The number of hydrogen-bond acceptors (Lipinski definition) is 12. The maximum absolute atomic E-state index is 12.8. The summed E-state index contributed by atoms with van der Waals surface area (Å²) in [7, 11) is 1.16. The van der Waals surface area contributed by atoms with E-state index in [1.165, 1.54) is 13.1 Å². The zero-order valence-corrected chi connectivity index (χ0v) is 18.1. The average molecular weight is 458 g/mol. The highest BCUT2D eigenvalue weighted by molar-refractivity contribution is 8.01. The summed E-state index contributed by atoms with van der Waals surface area (Å²) in [4.78, 5) is 38.2. The number of esters is 3. The van der Waals surface area contributed by atoms with Crippen molar-refractivity contribution in [3.05, 3.63) is 24.4 Å². The first-order valence-corrected chi connectivity index (χ1v) is 10.2. The lowest BCUT2D eigenvalue weighted by Gasteiger charge is -2.46. The van der Waals surface area contributed by atoms with Crippen molar-refractivity contribution < 1.29 is 43.5 Å². The van der Waals surface area contributed by atoms with E-state index in [-0.39, 0.29) is 6.42 Å². The molecule has 2 rings (SSSR count). The Labute approximate surface area is 183 Å². The summed E-state index contributed by atoms with van der Waals surface area (Å²) in [5, 5.41) is 20.8.